The maximum Gasteiger partial charge on any atom is 0.256 e. The Morgan fingerprint density at radius 2 is 1.64 bits per heavy atom. The molecule has 4 rings (SSSR count). The van der Waals surface area contributed by atoms with Crippen molar-refractivity contribution < 1.29 is 9.59 Å². The van der Waals surface area contributed by atoms with E-state index in [9.17, 15) is 9.59 Å². The van der Waals surface area contributed by atoms with Gasteiger partial charge in [-0.2, -0.15) is 0 Å². The van der Waals surface area contributed by atoms with E-state index in [0.717, 1.165) is 23.4 Å². The molecule has 1 aromatic heterocycles. The van der Waals surface area contributed by atoms with Crippen molar-refractivity contribution in [1.82, 2.24) is 30.2 Å². The summed E-state index contributed by atoms with van der Waals surface area (Å²) in [7, 11) is 1.78. The molecule has 0 atom stereocenters. The van der Waals surface area contributed by atoms with E-state index < -0.39 is 0 Å². The van der Waals surface area contributed by atoms with Crippen molar-refractivity contribution in [1.29, 1.82) is 0 Å². The smallest absolute Gasteiger partial charge is 0.256 e. The number of likely N-dealkylation sites (N-methyl/N-ethyl adjacent to an activating group) is 2. The summed E-state index contributed by atoms with van der Waals surface area (Å²) in [6.45, 7) is 7.34. The van der Waals surface area contributed by atoms with Crippen LogP contribution in [0.4, 0.5) is 5.69 Å². The van der Waals surface area contributed by atoms with Crippen LogP contribution in [-0.2, 0) is 22.7 Å². The Kier molecular flexibility index (Phi) is 12.6. The monoisotopic (exact) mass is 573 g/mol. The fourth-order valence-electron chi connectivity index (χ4n) is 4.32. The molecule has 0 radical (unpaired) electrons. The number of halogens is 2. The van der Waals surface area contributed by atoms with Crippen molar-refractivity contribution >= 4 is 42.3 Å². The molecule has 210 valence electrons. The van der Waals surface area contributed by atoms with E-state index in [1.165, 1.54) is 11.1 Å². The summed E-state index contributed by atoms with van der Waals surface area (Å²) in [5.41, 5.74) is 5.17. The SMILES string of the molecule is CCNCCN(CC(=O)N(C)N1Cc2ccccc2C1)C(=O)CNc1cc(-c2ncccn2)ccc1C.Cl.Cl. The van der Waals surface area contributed by atoms with Gasteiger partial charge in [-0.25, -0.2) is 15.0 Å². The molecule has 1 aliphatic rings. The van der Waals surface area contributed by atoms with Gasteiger partial charge < -0.3 is 15.5 Å². The van der Waals surface area contributed by atoms with Crippen LogP contribution >= 0.6 is 24.8 Å². The Morgan fingerprint density at radius 3 is 2.28 bits per heavy atom. The highest BCUT2D eigenvalue weighted by Crippen LogP contribution is 2.24. The summed E-state index contributed by atoms with van der Waals surface area (Å²) in [6, 6.07) is 15.9. The lowest BCUT2D eigenvalue weighted by Crippen LogP contribution is -2.49. The number of hydrazine groups is 1. The van der Waals surface area contributed by atoms with Gasteiger partial charge in [0.05, 0.1) is 6.54 Å². The number of carbonyl (C=O) groups excluding carboxylic acids is 2. The zero-order valence-electron chi connectivity index (χ0n) is 22.6. The number of aromatic nitrogens is 2. The number of benzene rings is 2. The van der Waals surface area contributed by atoms with Gasteiger partial charge in [0.15, 0.2) is 5.82 Å². The molecule has 9 nitrogen and oxygen atoms in total. The highest BCUT2D eigenvalue weighted by atomic mass is 35.5. The van der Waals surface area contributed by atoms with Gasteiger partial charge in [-0.1, -0.05) is 43.3 Å². The molecule has 0 spiro atoms. The lowest BCUT2D eigenvalue weighted by Gasteiger charge is -2.31. The molecule has 2 N–H and O–H groups in total. The summed E-state index contributed by atoms with van der Waals surface area (Å²) in [5, 5.41) is 10.2. The van der Waals surface area contributed by atoms with Gasteiger partial charge in [0.25, 0.3) is 5.91 Å². The molecular weight excluding hydrogens is 537 g/mol. The number of amides is 2. The van der Waals surface area contributed by atoms with Crippen molar-refractivity contribution in [2.45, 2.75) is 26.9 Å². The Morgan fingerprint density at radius 1 is 0.974 bits per heavy atom. The number of aryl methyl sites for hydroxylation is 1. The summed E-state index contributed by atoms with van der Waals surface area (Å²) >= 11 is 0. The van der Waals surface area contributed by atoms with E-state index in [-0.39, 0.29) is 49.7 Å². The fourth-order valence-corrected chi connectivity index (χ4v) is 4.32. The molecule has 0 saturated heterocycles. The van der Waals surface area contributed by atoms with Crippen LogP contribution in [0.3, 0.4) is 0 Å². The summed E-state index contributed by atoms with van der Waals surface area (Å²) in [5.74, 6) is 0.379. The highest BCUT2D eigenvalue weighted by molar-refractivity contribution is 5.87. The van der Waals surface area contributed by atoms with E-state index in [1.807, 2.05) is 49.2 Å². The normalized spacial score (nSPS) is 12.1. The Hall–Kier alpha value is -3.24. The lowest BCUT2D eigenvalue weighted by atomic mass is 10.1. The van der Waals surface area contributed by atoms with Gasteiger partial charge in [-0.3, -0.25) is 14.6 Å². The van der Waals surface area contributed by atoms with E-state index in [2.05, 4.69) is 32.7 Å². The number of hydrogen-bond donors (Lipinski definition) is 2. The first-order valence-corrected chi connectivity index (χ1v) is 12.6. The quantitative estimate of drug-likeness (QED) is 0.339. The molecule has 39 heavy (non-hydrogen) atoms. The van der Waals surface area contributed by atoms with Crippen LogP contribution in [0.5, 0.6) is 0 Å². The summed E-state index contributed by atoms with van der Waals surface area (Å²) in [6.07, 6.45) is 3.41. The number of nitrogens with zero attached hydrogens (tertiary/aromatic N) is 5. The minimum Gasteiger partial charge on any atom is -0.376 e. The van der Waals surface area contributed by atoms with E-state index in [4.69, 9.17) is 0 Å². The van der Waals surface area contributed by atoms with Crippen LogP contribution in [0.2, 0.25) is 0 Å². The molecule has 2 heterocycles. The maximum atomic E-state index is 13.3. The molecule has 2 amide bonds. The minimum atomic E-state index is -0.134. The van der Waals surface area contributed by atoms with Gasteiger partial charge in [-0.05, 0) is 42.3 Å². The standard InChI is InChI=1S/C28H35N7O2.2ClH/c1-4-29-14-15-34(20-27(37)33(3)35-18-23-8-5-6-9-24(23)19-35)26(36)17-32-25-16-22(11-10-21(25)2)28-30-12-7-13-31-28;;/h5-13,16,29,32H,4,14-15,17-20H2,1-3H3;2*1H. The third-order valence-corrected chi connectivity index (χ3v) is 6.59. The predicted molar refractivity (Wildman–Crippen MR) is 159 cm³/mol. The van der Waals surface area contributed by atoms with Gasteiger partial charge in [0, 0.05) is 56.9 Å². The van der Waals surface area contributed by atoms with Gasteiger partial charge in [-0.15, -0.1) is 24.8 Å². The number of fused-ring (bicyclic) bond motifs is 1. The summed E-state index contributed by atoms with van der Waals surface area (Å²) < 4.78 is 0. The molecular formula is C28H37Cl2N7O2. The second-order valence-corrected chi connectivity index (χ2v) is 9.13. The van der Waals surface area contributed by atoms with Crippen molar-refractivity contribution in [3.63, 3.8) is 0 Å². The number of anilines is 1. The molecule has 3 aromatic rings. The fraction of sp³-hybridized carbons (Fsp3) is 0.357. The summed E-state index contributed by atoms with van der Waals surface area (Å²) in [4.78, 5) is 36.7. The van der Waals surface area contributed by atoms with Gasteiger partial charge in [0.1, 0.15) is 6.54 Å². The van der Waals surface area contributed by atoms with Crippen molar-refractivity contribution in [2.75, 3.05) is 45.1 Å². The lowest BCUT2D eigenvalue weighted by molar-refractivity contribution is -0.151. The van der Waals surface area contributed by atoms with Crippen molar-refractivity contribution in [3.8, 4) is 11.4 Å². The first-order chi connectivity index (χ1) is 18.0. The number of nitrogens with one attached hydrogen (secondary N) is 2. The number of carbonyl (C=O) groups is 2. The predicted octanol–water partition coefficient (Wildman–Crippen LogP) is 3.53. The Bertz CT molecular complexity index is 1200. The maximum absolute atomic E-state index is 13.3. The Labute approximate surface area is 242 Å². The first kappa shape index (κ1) is 32.0. The van der Waals surface area contributed by atoms with Gasteiger partial charge >= 0.3 is 0 Å². The zero-order chi connectivity index (χ0) is 26.2. The largest absolute Gasteiger partial charge is 0.376 e. The molecule has 0 bridgehead atoms. The average molecular weight is 575 g/mol. The minimum absolute atomic E-state index is 0. The molecule has 11 heteroatoms. The topological polar surface area (TPSA) is 93.7 Å². The average Bonchev–Trinajstić information content (AvgIpc) is 3.36. The zero-order valence-corrected chi connectivity index (χ0v) is 24.2. The molecule has 0 aliphatic carbocycles. The molecule has 1 aliphatic heterocycles. The van der Waals surface area contributed by atoms with Gasteiger partial charge in [0.2, 0.25) is 5.91 Å². The second-order valence-electron chi connectivity index (χ2n) is 9.13. The third-order valence-electron chi connectivity index (χ3n) is 6.59. The highest BCUT2D eigenvalue weighted by Gasteiger charge is 2.27. The number of rotatable bonds is 11. The van der Waals surface area contributed by atoms with Crippen LogP contribution in [0.15, 0.2) is 60.9 Å². The van der Waals surface area contributed by atoms with E-state index in [1.54, 1.807) is 35.4 Å². The van der Waals surface area contributed by atoms with Crippen LogP contribution in [0.25, 0.3) is 11.4 Å². The van der Waals surface area contributed by atoms with E-state index >= 15 is 0 Å². The van der Waals surface area contributed by atoms with Crippen molar-refractivity contribution in [2.24, 2.45) is 0 Å². The first-order valence-electron chi connectivity index (χ1n) is 12.6. The molecule has 0 unspecified atom stereocenters. The molecule has 0 saturated carbocycles. The third kappa shape index (κ3) is 8.37. The number of hydrogen-bond acceptors (Lipinski definition) is 7. The van der Waals surface area contributed by atoms with Crippen LogP contribution in [0.1, 0.15) is 23.6 Å². The van der Waals surface area contributed by atoms with E-state index in [0.29, 0.717) is 32.0 Å². The Balaban J connectivity index is 0.00000267. The molecule has 2 aromatic carbocycles. The molecule has 0 fully saturated rings. The van der Waals surface area contributed by atoms with Crippen molar-refractivity contribution in [3.05, 3.63) is 77.6 Å². The van der Waals surface area contributed by atoms with Crippen LogP contribution in [0, 0.1) is 6.92 Å². The van der Waals surface area contributed by atoms with Crippen LogP contribution in [-0.4, -0.2) is 76.5 Å². The van der Waals surface area contributed by atoms with Crippen LogP contribution < -0.4 is 10.6 Å². The second kappa shape index (κ2) is 15.4.